The predicted octanol–water partition coefficient (Wildman–Crippen LogP) is 4.30. The molecule has 106 valence electrons. The van der Waals surface area contributed by atoms with E-state index in [1.807, 2.05) is 49.4 Å². The van der Waals surface area contributed by atoms with Gasteiger partial charge in [-0.2, -0.15) is 0 Å². The first-order valence-corrected chi connectivity index (χ1v) is 6.78. The largest absolute Gasteiger partial charge is 0.456 e. The Kier molecular flexibility index (Phi) is 5.01. The molecule has 0 aliphatic rings. The van der Waals surface area contributed by atoms with E-state index in [-0.39, 0.29) is 6.04 Å². The minimum atomic E-state index is -0.0495. The minimum Gasteiger partial charge on any atom is -0.456 e. The summed E-state index contributed by atoms with van der Waals surface area (Å²) in [6.45, 7) is 2.47. The Morgan fingerprint density at radius 1 is 1.20 bits per heavy atom. The van der Waals surface area contributed by atoms with E-state index in [1.165, 1.54) is 0 Å². The van der Waals surface area contributed by atoms with Crippen molar-refractivity contribution < 1.29 is 9.47 Å². The van der Waals surface area contributed by atoms with Crippen molar-refractivity contribution in [3.05, 3.63) is 58.6 Å². The second kappa shape index (κ2) is 6.75. The van der Waals surface area contributed by atoms with Crippen molar-refractivity contribution in [3.63, 3.8) is 0 Å². The van der Waals surface area contributed by atoms with E-state index in [9.17, 15) is 0 Å². The van der Waals surface area contributed by atoms with Crippen molar-refractivity contribution in [2.75, 3.05) is 7.11 Å². The lowest BCUT2D eigenvalue weighted by molar-refractivity contribution is 0.184. The van der Waals surface area contributed by atoms with Crippen LogP contribution in [0.15, 0.2) is 42.5 Å². The van der Waals surface area contributed by atoms with Crippen LogP contribution >= 0.6 is 11.6 Å². The van der Waals surface area contributed by atoms with Gasteiger partial charge < -0.3 is 15.2 Å². The van der Waals surface area contributed by atoms with E-state index >= 15 is 0 Å². The maximum absolute atomic E-state index is 6.22. The Morgan fingerprint density at radius 2 is 2.00 bits per heavy atom. The van der Waals surface area contributed by atoms with E-state index in [2.05, 4.69) is 0 Å². The SMILES string of the molecule is COCc1cccc(Oc2ccc(C(C)N)cc2Cl)c1. The first-order chi connectivity index (χ1) is 9.60. The molecular formula is C16H18ClNO2. The van der Waals surface area contributed by atoms with Crippen molar-refractivity contribution in [1.29, 1.82) is 0 Å². The number of rotatable bonds is 5. The Hall–Kier alpha value is -1.55. The van der Waals surface area contributed by atoms with Crippen molar-refractivity contribution in [2.24, 2.45) is 5.73 Å². The number of ether oxygens (including phenoxy) is 2. The van der Waals surface area contributed by atoms with Gasteiger partial charge in [0.25, 0.3) is 0 Å². The lowest BCUT2D eigenvalue weighted by Gasteiger charge is -2.11. The molecule has 2 aromatic rings. The summed E-state index contributed by atoms with van der Waals surface area (Å²) in [4.78, 5) is 0. The molecule has 0 heterocycles. The molecule has 3 nitrogen and oxygen atoms in total. The van der Waals surface area contributed by atoms with Gasteiger partial charge in [-0.15, -0.1) is 0 Å². The lowest BCUT2D eigenvalue weighted by Crippen LogP contribution is -2.04. The van der Waals surface area contributed by atoms with Crippen molar-refractivity contribution in [2.45, 2.75) is 19.6 Å². The first-order valence-electron chi connectivity index (χ1n) is 6.41. The third kappa shape index (κ3) is 3.73. The lowest BCUT2D eigenvalue weighted by atomic mass is 10.1. The van der Waals surface area contributed by atoms with Gasteiger partial charge in [-0.05, 0) is 42.3 Å². The maximum atomic E-state index is 6.22. The molecule has 0 spiro atoms. The zero-order valence-corrected chi connectivity index (χ0v) is 12.4. The van der Waals surface area contributed by atoms with Crippen LogP contribution in [0.25, 0.3) is 0 Å². The molecule has 0 radical (unpaired) electrons. The van der Waals surface area contributed by atoms with E-state index in [4.69, 9.17) is 26.8 Å². The van der Waals surface area contributed by atoms with Gasteiger partial charge in [0.2, 0.25) is 0 Å². The summed E-state index contributed by atoms with van der Waals surface area (Å²) in [6, 6.07) is 13.3. The van der Waals surface area contributed by atoms with Gasteiger partial charge in [0.1, 0.15) is 11.5 Å². The number of benzene rings is 2. The summed E-state index contributed by atoms with van der Waals surface area (Å²) in [7, 11) is 1.66. The molecule has 0 aliphatic carbocycles. The monoisotopic (exact) mass is 291 g/mol. The van der Waals surface area contributed by atoms with Gasteiger partial charge in [-0.3, -0.25) is 0 Å². The van der Waals surface area contributed by atoms with E-state index < -0.39 is 0 Å². The molecule has 2 rings (SSSR count). The molecule has 0 saturated carbocycles. The third-order valence-electron chi connectivity index (χ3n) is 2.92. The van der Waals surface area contributed by atoms with Crippen LogP contribution in [0.1, 0.15) is 24.1 Å². The molecule has 0 saturated heterocycles. The zero-order valence-electron chi connectivity index (χ0n) is 11.6. The fraction of sp³-hybridized carbons (Fsp3) is 0.250. The van der Waals surface area contributed by atoms with Gasteiger partial charge >= 0.3 is 0 Å². The zero-order chi connectivity index (χ0) is 14.5. The molecule has 0 fully saturated rings. The minimum absolute atomic E-state index is 0.0495. The summed E-state index contributed by atoms with van der Waals surface area (Å²) >= 11 is 6.22. The molecule has 1 unspecified atom stereocenters. The number of hydrogen-bond donors (Lipinski definition) is 1. The standard InChI is InChI=1S/C16H18ClNO2/c1-11(18)13-6-7-16(15(17)9-13)20-14-5-3-4-12(8-14)10-19-2/h3-9,11H,10,18H2,1-2H3. The second-order valence-corrected chi connectivity index (χ2v) is 5.07. The average molecular weight is 292 g/mol. The Balaban J connectivity index is 2.19. The molecule has 0 aliphatic heterocycles. The fourth-order valence-corrected chi connectivity index (χ4v) is 2.10. The van der Waals surface area contributed by atoms with Gasteiger partial charge in [-0.25, -0.2) is 0 Å². The molecule has 0 amide bonds. The third-order valence-corrected chi connectivity index (χ3v) is 3.21. The number of nitrogens with two attached hydrogens (primary N) is 1. The molecule has 4 heteroatoms. The van der Waals surface area contributed by atoms with Crippen LogP contribution in [0.3, 0.4) is 0 Å². The average Bonchev–Trinajstić information content (AvgIpc) is 2.42. The molecule has 1 atom stereocenters. The van der Waals surface area contributed by atoms with Crippen LogP contribution in [0.2, 0.25) is 5.02 Å². The predicted molar refractivity (Wildman–Crippen MR) is 81.3 cm³/mol. The van der Waals surface area contributed by atoms with Gasteiger partial charge in [-0.1, -0.05) is 29.8 Å². The van der Waals surface area contributed by atoms with Crippen molar-refractivity contribution in [3.8, 4) is 11.5 Å². The molecule has 20 heavy (non-hydrogen) atoms. The summed E-state index contributed by atoms with van der Waals surface area (Å²) in [5, 5.41) is 0.553. The normalized spacial score (nSPS) is 12.2. The summed E-state index contributed by atoms with van der Waals surface area (Å²) in [5.41, 5.74) is 7.86. The fourth-order valence-electron chi connectivity index (χ4n) is 1.88. The number of methoxy groups -OCH3 is 1. The highest BCUT2D eigenvalue weighted by molar-refractivity contribution is 6.32. The van der Waals surface area contributed by atoms with E-state index in [1.54, 1.807) is 7.11 Å². The Labute approximate surface area is 124 Å². The van der Waals surface area contributed by atoms with Crippen LogP contribution in [0, 0.1) is 0 Å². The van der Waals surface area contributed by atoms with E-state index in [0.717, 1.165) is 16.9 Å². The summed E-state index contributed by atoms with van der Waals surface area (Å²) < 4.78 is 10.9. The van der Waals surface area contributed by atoms with Crippen LogP contribution < -0.4 is 10.5 Å². The maximum Gasteiger partial charge on any atom is 0.146 e. The highest BCUT2D eigenvalue weighted by atomic mass is 35.5. The van der Waals surface area contributed by atoms with Crippen LogP contribution in [-0.4, -0.2) is 7.11 Å². The van der Waals surface area contributed by atoms with Gasteiger partial charge in [0, 0.05) is 13.2 Å². The quantitative estimate of drug-likeness (QED) is 0.893. The van der Waals surface area contributed by atoms with Crippen molar-refractivity contribution >= 4 is 11.6 Å². The molecular weight excluding hydrogens is 274 g/mol. The topological polar surface area (TPSA) is 44.5 Å². The second-order valence-electron chi connectivity index (χ2n) is 4.66. The molecule has 2 aromatic carbocycles. The van der Waals surface area contributed by atoms with Crippen LogP contribution in [0.5, 0.6) is 11.5 Å². The highest BCUT2D eigenvalue weighted by Crippen LogP contribution is 2.31. The van der Waals surface area contributed by atoms with Crippen LogP contribution in [0.4, 0.5) is 0 Å². The molecule has 2 N–H and O–H groups in total. The van der Waals surface area contributed by atoms with Gasteiger partial charge in [0.05, 0.1) is 11.6 Å². The Morgan fingerprint density at radius 3 is 2.65 bits per heavy atom. The Bertz CT molecular complexity index is 584. The van der Waals surface area contributed by atoms with E-state index in [0.29, 0.717) is 17.4 Å². The number of hydrogen-bond acceptors (Lipinski definition) is 3. The summed E-state index contributed by atoms with van der Waals surface area (Å²) in [6.07, 6.45) is 0. The smallest absolute Gasteiger partial charge is 0.146 e. The van der Waals surface area contributed by atoms with Gasteiger partial charge in [0.15, 0.2) is 0 Å². The summed E-state index contributed by atoms with van der Waals surface area (Å²) in [5.74, 6) is 1.35. The molecule has 0 bridgehead atoms. The first kappa shape index (κ1) is 14.9. The number of halogens is 1. The highest BCUT2D eigenvalue weighted by Gasteiger charge is 2.07. The van der Waals surface area contributed by atoms with Crippen LogP contribution in [-0.2, 0) is 11.3 Å². The molecule has 0 aromatic heterocycles. The van der Waals surface area contributed by atoms with Crippen molar-refractivity contribution in [1.82, 2.24) is 0 Å².